The van der Waals surface area contributed by atoms with E-state index in [-0.39, 0.29) is 5.92 Å². The summed E-state index contributed by atoms with van der Waals surface area (Å²) in [6.07, 6.45) is 3.63. The molecule has 0 saturated heterocycles. The van der Waals surface area contributed by atoms with Gasteiger partial charge in [-0.25, -0.2) is 9.50 Å². The maximum atomic E-state index is 9.00. The Labute approximate surface area is 119 Å². The van der Waals surface area contributed by atoms with Crippen molar-refractivity contribution in [1.29, 1.82) is 5.26 Å². The van der Waals surface area contributed by atoms with Crippen LogP contribution in [0.3, 0.4) is 0 Å². The zero-order valence-corrected chi connectivity index (χ0v) is 12.5. The number of hydrogen-bond acceptors (Lipinski definition) is 4. The average Bonchev–Trinajstić information content (AvgIpc) is 2.88. The van der Waals surface area contributed by atoms with E-state index in [0.29, 0.717) is 12.5 Å². The lowest BCUT2D eigenvalue weighted by atomic mass is 10.1. The number of nitrogens with zero attached hydrogens (tertiary/aromatic N) is 5. The van der Waals surface area contributed by atoms with Gasteiger partial charge in [-0.05, 0) is 25.8 Å². The van der Waals surface area contributed by atoms with E-state index in [1.165, 1.54) is 0 Å². The van der Waals surface area contributed by atoms with Crippen molar-refractivity contribution in [3.8, 4) is 6.07 Å². The summed E-state index contributed by atoms with van der Waals surface area (Å²) in [6, 6.07) is 4.37. The molecule has 0 saturated carbocycles. The molecule has 5 heteroatoms. The van der Waals surface area contributed by atoms with Gasteiger partial charge < -0.3 is 4.90 Å². The predicted octanol–water partition coefficient (Wildman–Crippen LogP) is 2.84. The first-order valence-corrected chi connectivity index (χ1v) is 7.05. The molecule has 0 aliphatic rings. The van der Waals surface area contributed by atoms with E-state index >= 15 is 0 Å². The predicted molar refractivity (Wildman–Crippen MR) is 79.7 cm³/mol. The molecule has 5 nitrogen and oxygen atoms in total. The maximum Gasteiger partial charge on any atom is 0.154 e. The van der Waals surface area contributed by atoms with Crippen LogP contribution >= 0.6 is 0 Å². The summed E-state index contributed by atoms with van der Waals surface area (Å²) in [5, 5.41) is 13.6. The van der Waals surface area contributed by atoms with Crippen LogP contribution in [-0.4, -0.2) is 27.7 Å². The van der Waals surface area contributed by atoms with E-state index in [2.05, 4.69) is 47.9 Å². The Kier molecular flexibility index (Phi) is 4.23. The third-order valence-corrected chi connectivity index (χ3v) is 3.38. The molecule has 106 valence electrons. The van der Waals surface area contributed by atoms with Gasteiger partial charge in [-0.15, -0.1) is 0 Å². The van der Waals surface area contributed by atoms with E-state index in [1.807, 2.05) is 17.6 Å². The molecule has 0 aromatic carbocycles. The van der Waals surface area contributed by atoms with Gasteiger partial charge in [-0.3, -0.25) is 0 Å². The van der Waals surface area contributed by atoms with Crippen molar-refractivity contribution in [2.24, 2.45) is 5.92 Å². The SMILES string of the molecule is CCN(CC(C)C#N)c1nccn2nc(C(C)C)cc12. The summed E-state index contributed by atoms with van der Waals surface area (Å²) in [5.41, 5.74) is 2.06. The molecular formula is C15H21N5. The van der Waals surface area contributed by atoms with Crippen LogP contribution in [0.25, 0.3) is 5.52 Å². The van der Waals surface area contributed by atoms with Crippen molar-refractivity contribution in [3.05, 3.63) is 24.2 Å². The Balaban J connectivity index is 2.44. The minimum Gasteiger partial charge on any atom is -0.354 e. The normalized spacial score (nSPS) is 12.6. The fourth-order valence-corrected chi connectivity index (χ4v) is 2.19. The highest BCUT2D eigenvalue weighted by atomic mass is 15.3. The fourth-order valence-electron chi connectivity index (χ4n) is 2.19. The largest absolute Gasteiger partial charge is 0.354 e. The Morgan fingerprint density at radius 2 is 2.15 bits per heavy atom. The molecule has 0 radical (unpaired) electrons. The molecule has 0 aliphatic heterocycles. The quantitative estimate of drug-likeness (QED) is 0.839. The molecule has 0 spiro atoms. The highest BCUT2D eigenvalue weighted by Gasteiger charge is 2.16. The molecule has 0 bridgehead atoms. The van der Waals surface area contributed by atoms with E-state index in [4.69, 9.17) is 5.26 Å². The minimum atomic E-state index is -0.0236. The third-order valence-electron chi connectivity index (χ3n) is 3.38. The smallest absolute Gasteiger partial charge is 0.154 e. The lowest BCUT2D eigenvalue weighted by molar-refractivity contribution is 0.679. The molecule has 0 aliphatic carbocycles. The van der Waals surface area contributed by atoms with Crippen LogP contribution in [0.15, 0.2) is 18.5 Å². The lowest BCUT2D eigenvalue weighted by Crippen LogP contribution is -2.29. The van der Waals surface area contributed by atoms with Gasteiger partial charge in [-0.2, -0.15) is 10.4 Å². The molecular weight excluding hydrogens is 250 g/mol. The van der Waals surface area contributed by atoms with Gasteiger partial charge in [0.05, 0.1) is 17.7 Å². The molecule has 2 aromatic rings. The van der Waals surface area contributed by atoms with Gasteiger partial charge >= 0.3 is 0 Å². The van der Waals surface area contributed by atoms with Crippen LogP contribution in [0.2, 0.25) is 0 Å². The summed E-state index contributed by atoms with van der Waals surface area (Å²) in [7, 11) is 0. The van der Waals surface area contributed by atoms with Gasteiger partial charge in [0.1, 0.15) is 5.52 Å². The number of rotatable bonds is 5. The molecule has 2 aromatic heterocycles. The third kappa shape index (κ3) is 2.74. The Morgan fingerprint density at radius 3 is 2.75 bits per heavy atom. The van der Waals surface area contributed by atoms with Gasteiger partial charge in [0, 0.05) is 25.5 Å². The first-order chi connectivity index (χ1) is 9.56. The second kappa shape index (κ2) is 5.91. The highest BCUT2D eigenvalue weighted by Crippen LogP contribution is 2.23. The van der Waals surface area contributed by atoms with Crippen LogP contribution in [-0.2, 0) is 0 Å². The summed E-state index contributed by atoms with van der Waals surface area (Å²) < 4.78 is 1.87. The van der Waals surface area contributed by atoms with Crippen molar-refractivity contribution < 1.29 is 0 Å². The van der Waals surface area contributed by atoms with E-state index in [9.17, 15) is 0 Å². The first kappa shape index (κ1) is 14.3. The zero-order chi connectivity index (χ0) is 14.7. The summed E-state index contributed by atoms with van der Waals surface area (Å²) >= 11 is 0. The van der Waals surface area contributed by atoms with E-state index in [1.54, 1.807) is 6.20 Å². The Hall–Kier alpha value is -2.09. The van der Waals surface area contributed by atoms with Crippen LogP contribution in [0.1, 0.15) is 39.3 Å². The van der Waals surface area contributed by atoms with Crippen LogP contribution in [0, 0.1) is 17.2 Å². The van der Waals surface area contributed by atoms with Crippen molar-refractivity contribution in [2.45, 2.75) is 33.6 Å². The van der Waals surface area contributed by atoms with Gasteiger partial charge in [0.25, 0.3) is 0 Å². The monoisotopic (exact) mass is 271 g/mol. The first-order valence-electron chi connectivity index (χ1n) is 7.05. The van der Waals surface area contributed by atoms with E-state index < -0.39 is 0 Å². The molecule has 0 fully saturated rings. The topological polar surface area (TPSA) is 57.2 Å². The molecule has 2 heterocycles. The number of aromatic nitrogens is 3. The van der Waals surface area contributed by atoms with E-state index in [0.717, 1.165) is 23.6 Å². The second-order valence-corrected chi connectivity index (χ2v) is 5.37. The van der Waals surface area contributed by atoms with Crippen molar-refractivity contribution in [1.82, 2.24) is 14.6 Å². The van der Waals surface area contributed by atoms with Gasteiger partial charge in [0.2, 0.25) is 0 Å². The summed E-state index contributed by atoms with van der Waals surface area (Å²) in [5.74, 6) is 1.26. The maximum absolute atomic E-state index is 9.00. The second-order valence-electron chi connectivity index (χ2n) is 5.37. The molecule has 0 N–H and O–H groups in total. The van der Waals surface area contributed by atoms with Crippen molar-refractivity contribution in [2.75, 3.05) is 18.0 Å². The number of fused-ring (bicyclic) bond motifs is 1. The van der Waals surface area contributed by atoms with Crippen LogP contribution < -0.4 is 4.90 Å². The number of hydrogen-bond donors (Lipinski definition) is 0. The highest BCUT2D eigenvalue weighted by molar-refractivity contribution is 5.69. The summed E-state index contributed by atoms with van der Waals surface area (Å²) in [6.45, 7) is 9.77. The summed E-state index contributed by atoms with van der Waals surface area (Å²) in [4.78, 5) is 6.63. The van der Waals surface area contributed by atoms with Crippen molar-refractivity contribution >= 4 is 11.3 Å². The molecule has 2 rings (SSSR count). The lowest BCUT2D eigenvalue weighted by Gasteiger charge is -2.23. The van der Waals surface area contributed by atoms with Gasteiger partial charge in [-0.1, -0.05) is 13.8 Å². The molecule has 20 heavy (non-hydrogen) atoms. The fraction of sp³-hybridized carbons (Fsp3) is 0.533. The number of nitriles is 1. The Bertz CT molecular complexity index is 623. The average molecular weight is 271 g/mol. The number of anilines is 1. The molecule has 1 atom stereocenters. The van der Waals surface area contributed by atoms with Gasteiger partial charge in [0.15, 0.2) is 5.82 Å². The molecule has 0 amide bonds. The standard InChI is InChI=1S/C15H21N5/c1-5-19(10-12(4)9-16)15-14-8-13(11(2)3)18-20(14)7-6-17-15/h6-8,11-12H,5,10H2,1-4H3. The Morgan fingerprint density at radius 1 is 1.40 bits per heavy atom. The minimum absolute atomic E-state index is 0.0236. The molecule has 1 unspecified atom stereocenters. The van der Waals surface area contributed by atoms with Crippen LogP contribution in [0.4, 0.5) is 5.82 Å². The van der Waals surface area contributed by atoms with Crippen LogP contribution in [0.5, 0.6) is 0 Å². The van der Waals surface area contributed by atoms with Crippen molar-refractivity contribution in [3.63, 3.8) is 0 Å². The zero-order valence-electron chi connectivity index (χ0n) is 12.5.